The van der Waals surface area contributed by atoms with Crippen LogP contribution >= 0.6 is 0 Å². The molecule has 0 bridgehead atoms. The Balaban J connectivity index is 1.60. The number of amides is 2. The van der Waals surface area contributed by atoms with Crippen molar-refractivity contribution >= 4 is 27.4 Å². The van der Waals surface area contributed by atoms with Crippen LogP contribution in [0.1, 0.15) is 32.3 Å². The van der Waals surface area contributed by atoms with Gasteiger partial charge in [0.1, 0.15) is 16.4 Å². The number of nitrogens with one attached hydrogen (secondary N) is 3. The van der Waals surface area contributed by atoms with E-state index in [0.29, 0.717) is 54.2 Å². The van der Waals surface area contributed by atoms with Gasteiger partial charge in [-0.25, -0.2) is 28.2 Å². The topological polar surface area (TPSA) is 142 Å². The number of urea groups is 1. The Kier molecular flexibility index (Phi) is 7.27. The van der Waals surface area contributed by atoms with Crippen molar-refractivity contribution in [3.8, 4) is 11.4 Å². The van der Waals surface area contributed by atoms with E-state index in [1.54, 1.807) is 56.6 Å². The maximum absolute atomic E-state index is 12.6. The maximum atomic E-state index is 12.6. The highest BCUT2D eigenvalue weighted by Gasteiger charge is 2.35. The average molecular weight is 514 g/mol. The van der Waals surface area contributed by atoms with Crippen molar-refractivity contribution in [1.82, 2.24) is 25.3 Å². The van der Waals surface area contributed by atoms with Gasteiger partial charge in [0, 0.05) is 42.5 Å². The molecule has 192 valence electrons. The zero-order valence-corrected chi connectivity index (χ0v) is 21.6. The van der Waals surface area contributed by atoms with E-state index in [2.05, 4.69) is 30.5 Å². The third kappa shape index (κ3) is 5.65. The molecule has 2 aromatic heterocycles. The molecule has 12 heteroatoms. The second-order valence-corrected chi connectivity index (χ2v) is 11.8. The van der Waals surface area contributed by atoms with E-state index in [0.717, 1.165) is 0 Å². The molecule has 3 aromatic rings. The molecule has 3 heterocycles. The first kappa shape index (κ1) is 25.6. The smallest absolute Gasteiger partial charge is 0.319 e. The first-order valence-corrected chi connectivity index (χ1v) is 13.5. The number of aromatic nitrogens is 4. The van der Waals surface area contributed by atoms with Crippen LogP contribution in [0.2, 0.25) is 0 Å². The number of carbonyl (C=O) groups excluding carboxylic acids is 1. The van der Waals surface area contributed by atoms with Gasteiger partial charge in [0.2, 0.25) is 0 Å². The van der Waals surface area contributed by atoms with Crippen LogP contribution in [-0.2, 0) is 25.9 Å². The summed E-state index contributed by atoms with van der Waals surface area (Å²) in [5.74, 6) is 1.72. The Morgan fingerprint density at radius 3 is 2.64 bits per heavy atom. The van der Waals surface area contributed by atoms with E-state index in [4.69, 9.17) is 9.72 Å². The number of hydrogen-bond acceptors (Lipinski definition) is 8. The largest absolute Gasteiger partial charge is 0.377 e. The lowest BCUT2D eigenvalue weighted by atomic mass is 10.1. The van der Waals surface area contributed by atoms with Crippen LogP contribution in [0.25, 0.3) is 11.4 Å². The summed E-state index contributed by atoms with van der Waals surface area (Å²) in [7, 11) is -3.45. The number of aromatic amines is 1. The normalized spacial score (nSPS) is 16.6. The highest BCUT2D eigenvalue weighted by Crippen LogP contribution is 2.32. The van der Waals surface area contributed by atoms with E-state index >= 15 is 0 Å². The van der Waals surface area contributed by atoms with Crippen LogP contribution in [0, 0.1) is 0 Å². The van der Waals surface area contributed by atoms with Gasteiger partial charge in [-0.15, -0.1) is 0 Å². The summed E-state index contributed by atoms with van der Waals surface area (Å²) in [6.07, 6.45) is 4.52. The minimum absolute atomic E-state index is 0.0851. The van der Waals surface area contributed by atoms with Crippen molar-refractivity contribution in [2.45, 2.75) is 38.1 Å². The summed E-state index contributed by atoms with van der Waals surface area (Å²) >= 11 is 0. The molecule has 0 saturated carbocycles. The predicted octanol–water partition coefficient (Wildman–Crippen LogP) is 2.69. The van der Waals surface area contributed by atoms with Crippen molar-refractivity contribution in [3.63, 3.8) is 0 Å². The number of imidazole rings is 1. The molecule has 1 saturated heterocycles. The molecule has 4 rings (SSSR count). The number of rotatable bonds is 7. The number of benzene rings is 1. The van der Waals surface area contributed by atoms with E-state index in [-0.39, 0.29) is 18.6 Å². The van der Waals surface area contributed by atoms with Gasteiger partial charge in [0.05, 0.1) is 31.5 Å². The van der Waals surface area contributed by atoms with Crippen molar-refractivity contribution in [1.29, 1.82) is 0 Å². The fourth-order valence-corrected chi connectivity index (χ4v) is 4.20. The molecule has 0 aliphatic carbocycles. The van der Waals surface area contributed by atoms with Gasteiger partial charge in [0.25, 0.3) is 0 Å². The van der Waals surface area contributed by atoms with Crippen molar-refractivity contribution in [3.05, 3.63) is 54.2 Å². The fraction of sp³-hybridized carbons (Fsp3) is 0.417. The SMILES string of the molecule is C[C@H]1COCCN1c1cc(C(C)(C)S(C)(=O)=O)nc(-c2ccc(NC(=O)NCc3ncc[nH]3)cc2)n1. The number of anilines is 2. The molecule has 3 N–H and O–H groups in total. The van der Waals surface area contributed by atoms with Gasteiger partial charge in [-0.05, 0) is 45.0 Å². The Labute approximate surface area is 210 Å². The molecule has 11 nitrogen and oxygen atoms in total. The fourth-order valence-electron chi connectivity index (χ4n) is 3.71. The number of ether oxygens (including phenoxy) is 1. The van der Waals surface area contributed by atoms with Crippen LogP contribution in [0.4, 0.5) is 16.3 Å². The van der Waals surface area contributed by atoms with Crippen molar-refractivity contribution in [2.75, 3.05) is 36.2 Å². The summed E-state index contributed by atoms with van der Waals surface area (Å²) < 4.78 is 29.5. The van der Waals surface area contributed by atoms with Gasteiger partial charge in [-0.1, -0.05) is 0 Å². The van der Waals surface area contributed by atoms with Gasteiger partial charge in [-0.3, -0.25) is 0 Å². The van der Waals surface area contributed by atoms with Gasteiger partial charge < -0.3 is 25.3 Å². The number of morpholine rings is 1. The maximum Gasteiger partial charge on any atom is 0.319 e. The lowest BCUT2D eigenvalue weighted by Gasteiger charge is -2.35. The molecule has 1 aliphatic rings. The lowest BCUT2D eigenvalue weighted by molar-refractivity contribution is 0.0985. The number of carbonyl (C=O) groups is 1. The zero-order chi connectivity index (χ0) is 25.9. The molecule has 1 fully saturated rings. The number of nitrogens with zero attached hydrogens (tertiary/aromatic N) is 4. The van der Waals surface area contributed by atoms with Crippen LogP contribution in [0.5, 0.6) is 0 Å². The molecule has 36 heavy (non-hydrogen) atoms. The van der Waals surface area contributed by atoms with Crippen molar-refractivity contribution in [2.24, 2.45) is 0 Å². The van der Waals surface area contributed by atoms with E-state index in [1.807, 2.05) is 6.92 Å². The first-order chi connectivity index (χ1) is 17.0. The highest BCUT2D eigenvalue weighted by atomic mass is 32.2. The molecular weight excluding hydrogens is 482 g/mol. The second kappa shape index (κ2) is 10.2. The Morgan fingerprint density at radius 1 is 1.25 bits per heavy atom. The zero-order valence-electron chi connectivity index (χ0n) is 20.8. The first-order valence-electron chi connectivity index (χ1n) is 11.6. The third-order valence-electron chi connectivity index (χ3n) is 6.29. The predicted molar refractivity (Wildman–Crippen MR) is 137 cm³/mol. The van der Waals surface area contributed by atoms with Crippen LogP contribution < -0.4 is 15.5 Å². The minimum Gasteiger partial charge on any atom is -0.377 e. The van der Waals surface area contributed by atoms with E-state index in [1.165, 1.54) is 6.26 Å². The Morgan fingerprint density at radius 2 is 2.00 bits per heavy atom. The molecule has 1 aromatic carbocycles. The molecule has 2 amide bonds. The standard InChI is InChI=1S/C24H31N7O4S/c1-16-15-35-12-11-31(16)21-13-19(24(2,3)36(4,33)34)29-22(30-21)17-5-7-18(8-6-17)28-23(32)27-14-20-25-9-10-26-20/h5-10,13,16H,11-12,14-15H2,1-4H3,(H,25,26)(H2,27,28,32)/t16-/m0/s1. The minimum atomic E-state index is -3.45. The number of sulfone groups is 1. The lowest BCUT2D eigenvalue weighted by Crippen LogP contribution is -2.44. The van der Waals surface area contributed by atoms with E-state index in [9.17, 15) is 13.2 Å². The molecule has 1 atom stereocenters. The van der Waals surface area contributed by atoms with Crippen molar-refractivity contribution < 1.29 is 17.9 Å². The molecule has 0 spiro atoms. The summed E-state index contributed by atoms with van der Waals surface area (Å²) in [5.41, 5.74) is 1.71. The molecule has 1 aliphatic heterocycles. The monoisotopic (exact) mass is 513 g/mol. The number of H-pyrrole nitrogens is 1. The van der Waals surface area contributed by atoms with Gasteiger partial charge in [0.15, 0.2) is 15.7 Å². The van der Waals surface area contributed by atoms with Gasteiger partial charge >= 0.3 is 6.03 Å². The molecule has 0 unspecified atom stereocenters. The summed E-state index contributed by atoms with van der Waals surface area (Å²) in [6, 6.07) is 8.55. The van der Waals surface area contributed by atoms with Gasteiger partial charge in [-0.2, -0.15) is 0 Å². The Hall–Kier alpha value is -3.51. The highest BCUT2D eigenvalue weighted by molar-refractivity contribution is 7.91. The number of hydrogen-bond donors (Lipinski definition) is 3. The molecule has 0 radical (unpaired) electrons. The quantitative estimate of drug-likeness (QED) is 0.438. The summed E-state index contributed by atoms with van der Waals surface area (Å²) in [4.78, 5) is 30.7. The van der Waals surface area contributed by atoms with E-state index < -0.39 is 14.6 Å². The molecular formula is C24H31N7O4S. The third-order valence-corrected chi connectivity index (χ3v) is 8.35. The average Bonchev–Trinajstić information content (AvgIpc) is 3.36. The van der Waals surface area contributed by atoms with Crippen LogP contribution in [0.15, 0.2) is 42.7 Å². The van der Waals surface area contributed by atoms with Crippen LogP contribution in [-0.4, -0.2) is 66.4 Å². The summed E-state index contributed by atoms with van der Waals surface area (Å²) in [5, 5.41) is 5.50. The second-order valence-electron chi connectivity index (χ2n) is 9.26. The Bertz CT molecular complexity index is 1310. The van der Waals surface area contributed by atoms with Crippen LogP contribution in [0.3, 0.4) is 0 Å². The summed E-state index contributed by atoms with van der Waals surface area (Å²) in [6.45, 7) is 7.39.